The zero-order valence-electron chi connectivity index (χ0n) is 8.64. The first-order chi connectivity index (χ1) is 6.12. The van der Waals surface area contributed by atoms with E-state index in [-0.39, 0.29) is 0 Å². The molecule has 0 spiro atoms. The van der Waals surface area contributed by atoms with Crippen LogP contribution >= 0.6 is 15.9 Å². The van der Waals surface area contributed by atoms with E-state index in [1.165, 1.54) is 0 Å². The molecule has 0 aliphatic heterocycles. The fourth-order valence-electron chi connectivity index (χ4n) is 0.660. The van der Waals surface area contributed by atoms with Gasteiger partial charge in [-0.1, -0.05) is 15.9 Å². The quantitative estimate of drug-likeness (QED) is 0.383. The molecule has 3 nitrogen and oxygen atoms in total. The van der Waals surface area contributed by atoms with Crippen LogP contribution in [-0.2, 0) is 13.9 Å². The molecule has 0 atom stereocenters. The monoisotopic (exact) mass is 270 g/mol. The van der Waals surface area contributed by atoms with E-state index in [0.717, 1.165) is 4.95 Å². The normalized spacial score (nSPS) is 12.0. The predicted octanol–water partition coefficient (Wildman–Crippen LogP) is 1.81. The maximum Gasteiger partial charge on any atom is 0.197 e. The molecule has 0 heterocycles. The summed E-state index contributed by atoms with van der Waals surface area (Å²) in [5.41, 5.74) is 0. The molecular formula is C8H19BrO3Si. The van der Waals surface area contributed by atoms with E-state index in [9.17, 15) is 0 Å². The Kier molecular flexibility index (Phi) is 8.28. The molecule has 0 saturated carbocycles. The second-order valence-electron chi connectivity index (χ2n) is 3.35. The van der Waals surface area contributed by atoms with Gasteiger partial charge >= 0.3 is 0 Å². The van der Waals surface area contributed by atoms with Crippen LogP contribution < -0.4 is 0 Å². The summed E-state index contributed by atoms with van der Waals surface area (Å²) in [4.78, 5) is 0.970. The summed E-state index contributed by atoms with van der Waals surface area (Å²) >= 11 is 3.44. The first-order valence-electron chi connectivity index (χ1n) is 4.39. The van der Waals surface area contributed by atoms with Crippen molar-refractivity contribution in [1.82, 2.24) is 0 Å². The van der Waals surface area contributed by atoms with Gasteiger partial charge in [-0.05, 0) is 13.1 Å². The van der Waals surface area contributed by atoms with E-state index in [2.05, 4.69) is 29.0 Å². The highest BCUT2D eigenvalue weighted by Gasteiger charge is 2.19. The second kappa shape index (κ2) is 7.93. The molecular weight excluding hydrogens is 252 g/mol. The molecule has 0 unspecified atom stereocenters. The number of alkyl halides is 1. The maximum atomic E-state index is 5.69. The maximum absolute atomic E-state index is 5.69. The zero-order valence-corrected chi connectivity index (χ0v) is 11.2. The molecule has 0 aliphatic rings. The van der Waals surface area contributed by atoms with Gasteiger partial charge in [0.05, 0.1) is 26.4 Å². The Morgan fingerprint density at radius 3 is 2.23 bits per heavy atom. The minimum absolute atomic E-state index is 0.649. The molecule has 0 aliphatic carbocycles. The summed E-state index contributed by atoms with van der Waals surface area (Å²) in [6.07, 6.45) is 0. The SMILES string of the molecule is COCCOCCO[Si](C)(C)CBr. The van der Waals surface area contributed by atoms with Crippen molar-refractivity contribution in [2.75, 3.05) is 38.5 Å². The number of ether oxygens (including phenoxy) is 2. The van der Waals surface area contributed by atoms with Gasteiger partial charge in [0.15, 0.2) is 8.32 Å². The highest BCUT2D eigenvalue weighted by molar-refractivity contribution is 9.09. The Hall–Kier alpha value is 0.577. The summed E-state index contributed by atoms with van der Waals surface area (Å²) in [5, 5.41) is 0. The number of halogens is 1. The van der Waals surface area contributed by atoms with E-state index in [0.29, 0.717) is 26.4 Å². The van der Waals surface area contributed by atoms with Crippen LogP contribution in [0.5, 0.6) is 0 Å². The molecule has 0 fully saturated rings. The van der Waals surface area contributed by atoms with Gasteiger partial charge < -0.3 is 13.9 Å². The van der Waals surface area contributed by atoms with Crippen molar-refractivity contribution in [1.29, 1.82) is 0 Å². The number of methoxy groups -OCH3 is 1. The lowest BCUT2D eigenvalue weighted by molar-refractivity contribution is 0.0532. The molecule has 5 heteroatoms. The lowest BCUT2D eigenvalue weighted by Gasteiger charge is -2.19. The van der Waals surface area contributed by atoms with E-state index < -0.39 is 8.32 Å². The van der Waals surface area contributed by atoms with Gasteiger partial charge in [-0.3, -0.25) is 0 Å². The average Bonchev–Trinajstić information content (AvgIpc) is 2.11. The van der Waals surface area contributed by atoms with Crippen molar-refractivity contribution in [3.63, 3.8) is 0 Å². The van der Waals surface area contributed by atoms with Crippen molar-refractivity contribution < 1.29 is 13.9 Å². The summed E-state index contributed by atoms with van der Waals surface area (Å²) in [7, 11) is 0.227. The van der Waals surface area contributed by atoms with Gasteiger partial charge in [-0.2, -0.15) is 0 Å². The van der Waals surface area contributed by atoms with Crippen LogP contribution in [0.25, 0.3) is 0 Å². The molecule has 0 rings (SSSR count). The van der Waals surface area contributed by atoms with Gasteiger partial charge in [0.2, 0.25) is 0 Å². The summed E-state index contributed by atoms with van der Waals surface area (Å²) < 4.78 is 15.8. The number of rotatable bonds is 8. The fraction of sp³-hybridized carbons (Fsp3) is 1.00. The first kappa shape index (κ1) is 13.6. The molecule has 0 aromatic carbocycles. The average molecular weight is 271 g/mol. The molecule has 0 aromatic rings. The molecule has 13 heavy (non-hydrogen) atoms. The Balaban J connectivity index is 3.16. The summed E-state index contributed by atoms with van der Waals surface area (Å²) in [6, 6.07) is 0. The van der Waals surface area contributed by atoms with Crippen LogP contribution in [0.4, 0.5) is 0 Å². The molecule has 0 amide bonds. The minimum Gasteiger partial charge on any atom is -0.414 e. The highest BCUT2D eigenvalue weighted by atomic mass is 79.9. The minimum atomic E-state index is -1.44. The first-order valence-corrected chi connectivity index (χ1v) is 8.62. The van der Waals surface area contributed by atoms with E-state index in [1.807, 2.05) is 0 Å². The Morgan fingerprint density at radius 2 is 1.69 bits per heavy atom. The molecule has 0 N–H and O–H groups in total. The van der Waals surface area contributed by atoms with E-state index in [4.69, 9.17) is 13.9 Å². The predicted molar refractivity (Wildman–Crippen MR) is 59.9 cm³/mol. The van der Waals surface area contributed by atoms with Crippen LogP contribution in [0.15, 0.2) is 0 Å². The van der Waals surface area contributed by atoms with Crippen molar-refractivity contribution in [3.05, 3.63) is 0 Å². The van der Waals surface area contributed by atoms with Crippen molar-refractivity contribution in [2.45, 2.75) is 13.1 Å². The number of hydrogen-bond donors (Lipinski definition) is 0. The van der Waals surface area contributed by atoms with Crippen LogP contribution in [0, 0.1) is 0 Å². The van der Waals surface area contributed by atoms with Gasteiger partial charge in [0, 0.05) is 12.1 Å². The van der Waals surface area contributed by atoms with E-state index >= 15 is 0 Å². The Labute approximate surface area is 90.0 Å². The fourth-order valence-corrected chi connectivity index (χ4v) is 1.86. The molecule has 80 valence electrons. The third-order valence-corrected chi connectivity index (χ3v) is 7.15. The van der Waals surface area contributed by atoms with Crippen LogP contribution in [0.2, 0.25) is 13.1 Å². The van der Waals surface area contributed by atoms with Crippen molar-refractivity contribution in [3.8, 4) is 0 Å². The van der Waals surface area contributed by atoms with Gasteiger partial charge in [-0.25, -0.2) is 0 Å². The molecule has 0 saturated heterocycles. The lowest BCUT2D eigenvalue weighted by atomic mass is 10.7. The summed E-state index contributed by atoms with van der Waals surface area (Å²) in [5.74, 6) is 0. The molecule has 0 aromatic heterocycles. The van der Waals surface area contributed by atoms with Crippen LogP contribution in [0.3, 0.4) is 0 Å². The second-order valence-corrected chi connectivity index (χ2v) is 9.10. The smallest absolute Gasteiger partial charge is 0.197 e. The van der Waals surface area contributed by atoms with Crippen LogP contribution in [0.1, 0.15) is 0 Å². The largest absolute Gasteiger partial charge is 0.414 e. The lowest BCUT2D eigenvalue weighted by Crippen LogP contribution is -2.34. The zero-order chi connectivity index (χ0) is 10.2. The van der Waals surface area contributed by atoms with Gasteiger partial charge in [0.25, 0.3) is 0 Å². The third-order valence-electron chi connectivity index (χ3n) is 1.47. The number of hydrogen-bond acceptors (Lipinski definition) is 3. The van der Waals surface area contributed by atoms with Crippen molar-refractivity contribution in [2.24, 2.45) is 0 Å². The van der Waals surface area contributed by atoms with Crippen LogP contribution in [-0.4, -0.2) is 46.8 Å². The Morgan fingerprint density at radius 1 is 1.08 bits per heavy atom. The van der Waals surface area contributed by atoms with Crippen molar-refractivity contribution >= 4 is 24.2 Å². The summed E-state index contributed by atoms with van der Waals surface area (Å²) in [6.45, 7) is 7.00. The van der Waals surface area contributed by atoms with E-state index in [1.54, 1.807) is 7.11 Å². The molecule has 0 radical (unpaired) electrons. The standard InChI is InChI=1S/C8H19BrO3Si/c1-10-4-5-11-6-7-12-13(2,3)8-9/h4-8H2,1-3H3. The topological polar surface area (TPSA) is 27.7 Å². The van der Waals surface area contributed by atoms with Gasteiger partial charge in [0.1, 0.15) is 0 Å². The van der Waals surface area contributed by atoms with Gasteiger partial charge in [-0.15, -0.1) is 0 Å². The highest BCUT2D eigenvalue weighted by Crippen LogP contribution is 2.06. The Bertz CT molecular complexity index is 122. The third kappa shape index (κ3) is 8.89. The molecule has 0 bridgehead atoms.